The average molecular weight is 550 g/mol. The fraction of sp³-hybridized carbons (Fsp3) is 0.233. The highest BCUT2D eigenvalue weighted by Crippen LogP contribution is 2.32. The van der Waals surface area contributed by atoms with Gasteiger partial charge < -0.3 is 15.2 Å². The summed E-state index contributed by atoms with van der Waals surface area (Å²) < 4.78 is 38.8. The number of hydrogen-bond acceptors (Lipinski definition) is 5. The van der Waals surface area contributed by atoms with Crippen LogP contribution in [-0.2, 0) is 24.2 Å². The summed E-state index contributed by atoms with van der Waals surface area (Å²) in [4.78, 5) is 22.3. The molecule has 4 aromatic rings. The molecule has 0 radical (unpaired) electrons. The molecule has 0 saturated carbocycles. The minimum atomic E-state index is -5.08. The molecular weight excluding hydrogens is 523 g/mol. The van der Waals surface area contributed by atoms with Crippen LogP contribution in [0.5, 0.6) is 5.75 Å². The summed E-state index contributed by atoms with van der Waals surface area (Å²) in [6.07, 6.45) is -3.11. The van der Waals surface area contributed by atoms with E-state index in [9.17, 15) is 23.2 Å². The SMILES string of the molecule is COc1ccc2c(=O)n(CCNC3Cc4ccccc4C3)c(C#N)c(-c3ccccc3)c2c1.O=C(O)C(F)(F)F. The van der Waals surface area contributed by atoms with Gasteiger partial charge in [0.2, 0.25) is 0 Å². The smallest absolute Gasteiger partial charge is 0.490 e. The van der Waals surface area contributed by atoms with Gasteiger partial charge in [-0.1, -0.05) is 54.6 Å². The van der Waals surface area contributed by atoms with Gasteiger partial charge in [-0.3, -0.25) is 9.36 Å². The molecule has 40 heavy (non-hydrogen) atoms. The molecule has 0 saturated heterocycles. The highest BCUT2D eigenvalue weighted by Gasteiger charge is 2.38. The van der Waals surface area contributed by atoms with E-state index in [0.29, 0.717) is 36.0 Å². The summed E-state index contributed by atoms with van der Waals surface area (Å²) >= 11 is 0. The van der Waals surface area contributed by atoms with Crippen molar-refractivity contribution in [3.8, 4) is 22.9 Å². The Kier molecular flexibility index (Phi) is 8.55. The summed E-state index contributed by atoms with van der Waals surface area (Å²) in [5, 5.41) is 22.2. The van der Waals surface area contributed by atoms with E-state index in [4.69, 9.17) is 14.6 Å². The molecule has 206 valence electrons. The molecule has 0 aliphatic heterocycles. The van der Waals surface area contributed by atoms with E-state index in [1.165, 1.54) is 11.1 Å². The molecule has 0 bridgehead atoms. The molecule has 1 aliphatic carbocycles. The van der Waals surface area contributed by atoms with E-state index in [2.05, 4.69) is 35.7 Å². The normalized spacial score (nSPS) is 12.8. The fourth-order valence-electron chi connectivity index (χ4n) is 4.86. The molecule has 1 heterocycles. The van der Waals surface area contributed by atoms with Gasteiger partial charge in [0.25, 0.3) is 5.56 Å². The Balaban J connectivity index is 0.000000470. The largest absolute Gasteiger partial charge is 0.497 e. The number of hydrogen-bond donors (Lipinski definition) is 2. The van der Waals surface area contributed by atoms with E-state index in [-0.39, 0.29) is 5.56 Å². The van der Waals surface area contributed by atoms with Crippen LogP contribution in [0.1, 0.15) is 16.8 Å². The predicted molar refractivity (Wildman–Crippen MR) is 144 cm³/mol. The van der Waals surface area contributed by atoms with Gasteiger partial charge in [-0.05, 0) is 47.7 Å². The van der Waals surface area contributed by atoms with Gasteiger partial charge in [0.05, 0.1) is 7.11 Å². The average Bonchev–Trinajstić information content (AvgIpc) is 3.37. The number of nitrogens with one attached hydrogen (secondary N) is 1. The molecule has 7 nitrogen and oxygen atoms in total. The van der Waals surface area contributed by atoms with Crippen LogP contribution in [-0.4, -0.2) is 41.5 Å². The zero-order valence-electron chi connectivity index (χ0n) is 21.5. The third kappa shape index (κ3) is 6.16. The summed E-state index contributed by atoms with van der Waals surface area (Å²) in [5.74, 6) is -2.10. The van der Waals surface area contributed by atoms with Crippen LogP contribution in [0.4, 0.5) is 13.2 Å². The summed E-state index contributed by atoms with van der Waals surface area (Å²) in [6.45, 7) is 1.04. The maximum atomic E-state index is 13.4. The lowest BCUT2D eigenvalue weighted by Crippen LogP contribution is -2.35. The number of fused-ring (bicyclic) bond motifs is 2. The first-order chi connectivity index (χ1) is 19.1. The summed E-state index contributed by atoms with van der Waals surface area (Å²) in [6, 6.07) is 26.4. The van der Waals surface area contributed by atoms with Crippen molar-refractivity contribution in [2.24, 2.45) is 0 Å². The number of aliphatic carboxylic acids is 1. The molecule has 3 aromatic carbocycles. The lowest BCUT2D eigenvalue weighted by molar-refractivity contribution is -0.192. The molecule has 0 spiro atoms. The lowest BCUT2D eigenvalue weighted by Gasteiger charge is -2.18. The number of pyridine rings is 1. The van der Waals surface area contributed by atoms with Crippen LogP contribution >= 0.6 is 0 Å². The maximum absolute atomic E-state index is 13.4. The standard InChI is InChI=1S/C28H25N3O2.C2HF3O2/c1-33-23-11-12-24-25(17-23)27(19-7-3-2-4-8-19)26(18-29)31(28(24)32)14-13-30-22-15-20-9-5-6-10-21(20)16-22;3-2(4,5)1(6)7/h2-12,17,22,30H,13-16H2,1H3;(H,6,7). The molecule has 10 heteroatoms. The Hall–Kier alpha value is -4.62. The number of carboxylic acids is 1. The van der Waals surface area contributed by atoms with Crippen molar-refractivity contribution in [3.05, 3.63) is 100.0 Å². The third-order valence-electron chi connectivity index (χ3n) is 6.71. The third-order valence-corrected chi connectivity index (χ3v) is 6.71. The number of nitrogens with zero attached hydrogens (tertiary/aromatic N) is 2. The van der Waals surface area contributed by atoms with E-state index >= 15 is 0 Å². The highest BCUT2D eigenvalue weighted by atomic mass is 19.4. The van der Waals surface area contributed by atoms with Crippen LogP contribution in [0.25, 0.3) is 21.9 Å². The van der Waals surface area contributed by atoms with Crippen LogP contribution in [0.15, 0.2) is 77.6 Å². The maximum Gasteiger partial charge on any atom is 0.490 e. The van der Waals surface area contributed by atoms with Crippen molar-refractivity contribution in [1.82, 2.24) is 9.88 Å². The predicted octanol–water partition coefficient (Wildman–Crippen LogP) is 4.94. The Morgan fingerprint density at radius 1 is 1.05 bits per heavy atom. The second kappa shape index (κ2) is 12.1. The van der Waals surface area contributed by atoms with Gasteiger partial charge in [-0.15, -0.1) is 0 Å². The fourth-order valence-corrected chi connectivity index (χ4v) is 4.86. The van der Waals surface area contributed by atoms with Gasteiger partial charge in [0.1, 0.15) is 17.5 Å². The van der Waals surface area contributed by atoms with E-state index in [0.717, 1.165) is 29.4 Å². The van der Waals surface area contributed by atoms with Gasteiger partial charge in [-0.2, -0.15) is 18.4 Å². The molecule has 2 N–H and O–H groups in total. The number of halogens is 3. The zero-order chi connectivity index (χ0) is 28.9. The zero-order valence-corrected chi connectivity index (χ0v) is 21.5. The van der Waals surface area contributed by atoms with Crippen LogP contribution in [0, 0.1) is 11.3 Å². The molecular formula is C30H26F3N3O4. The number of nitriles is 1. The van der Waals surface area contributed by atoms with Crippen molar-refractivity contribution < 1.29 is 27.8 Å². The number of aromatic nitrogens is 1. The number of benzene rings is 3. The monoisotopic (exact) mass is 549 g/mol. The first kappa shape index (κ1) is 28.4. The molecule has 1 aromatic heterocycles. The number of alkyl halides is 3. The van der Waals surface area contributed by atoms with Gasteiger partial charge >= 0.3 is 12.1 Å². The number of rotatable bonds is 6. The van der Waals surface area contributed by atoms with Gasteiger partial charge in [-0.25, -0.2) is 4.79 Å². The minimum absolute atomic E-state index is 0.152. The second-order valence-electron chi connectivity index (χ2n) is 9.20. The second-order valence-corrected chi connectivity index (χ2v) is 9.20. The van der Waals surface area contributed by atoms with Crippen molar-refractivity contribution in [1.29, 1.82) is 5.26 Å². The lowest BCUT2D eigenvalue weighted by atomic mass is 9.97. The summed E-state index contributed by atoms with van der Waals surface area (Å²) in [5.41, 5.74) is 4.66. The quantitative estimate of drug-likeness (QED) is 0.353. The Bertz CT molecular complexity index is 1600. The van der Waals surface area contributed by atoms with E-state index in [1.54, 1.807) is 23.8 Å². The van der Waals surface area contributed by atoms with Crippen LogP contribution in [0.2, 0.25) is 0 Å². The molecule has 1 aliphatic rings. The van der Waals surface area contributed by atoms with E-state index < -0.39 is 12.1 Å². The van der Waals surface area contributed by atoms with Crippen molar-refractivity contribution in [2.75, 3.05) is 13.7 Å². The number of carboxylic acid groups (broad SMARTS) is 1. The summed E-state index contributed by atoms with van der Waals surface area (Å²) in [7, 11) is 1.60. The molecule has 0 fully saturated rings. The molecule has 5 rings (SSSR count). The topological polar surface area (TPSA) is 104 Å². The van der Waals surface area contributed by atoms with Gasteiger partial charge in [0, 0.05) is 35.5 Å². The van der Waals surface area contributed by atoms with Gasteiger partial charge in [0.15, 0.2) is 0 Å². The first-order valence-electron chi connectivity index (χ1n) is 12.4. The van der Waals surface area contributed by atoms with Crippen molar-refractivity contribution >= 4 is 16.7 Å². The number of ether oxygens (including phenoxy) is 1. The molecule has 0 unspecified atom stereocenters. The Morgan fingerprint density at radius 2 is 1.65 bits per heavy atom. The van der Waals surface area contributed by atoms with Crippen LogP contribution < -0.4 is 15.6 Å². The molecule has 0 amide bonds. The Morgan fingerprint density at radius 3 is 2.20 bits per heavy atom. The van der Waals surface area contributed by atoms with Crippen molar-refractivity contribution in [2.45, 2.75) is 31.6 Å². The highest BCUT2D eigenvalue weighted by molar-refractivity contribution is 5.99. The Labute approximate surface area is 228 Å². The number of carbonyl (C=O) groups is 1. The first-order valence-corrected chi connectivity index (χ1v) is 12.4. The van der Waals surface area contributed by atoms with E-state index in [1.807, 2.05) is 36.4 Å². The van der Waals surface area contributed by atoms with Crippen molar-refractivity contribution in [3.63, 3.8) is 0 Å². The van der Waals surface area contributed by atoms with Crippen LogP contribution in [0.3, 0.4) is 0 Å². The minimum Gasteiger partial charge on any atom is -0.497 e. The molecule has 0 atom stereocenters. The number of methoxy groups -OCH3 is 1.